The van der Waals surface area contributed by atoms with Gasteiger partial charge in [-0.2, -0.15) is 0 Å². The van der Waals surface area contributed by atoms with Crippen molar-refractivity contribution in [1.82, 2.24) is 4.98 Å². The van der Waals surface area contributed by atoms with Crippen molar-refractivity contribution in [2.75, 3.05) is 24.7 Å². The van der Waals surface area contributed by atoms with Gasteiger partial charge in [-0.05, 0) is 40.6 Å². The van der Waals surface area contributed by atoms with E-state index in [1.54, 1.807) is 0 Å². The second-order valence-corrected chi connectivity index (χ2v) is 5.25. The maximum absolute atomic E-state index is 12.1. The highest BCUT2D eigenvalue weighted by Gasteiger charge is 2.32. The van der Waals surface area contributed by atoms with Crippen molar-refractivity contribution in [3.05, 3.63) is 52.1 Å². The van der Waals surface area contributed by atoms with E-state index in [1.807, 2.05) is 31.2 Å². The third-order valence-electron chi connectivity index (χ3n) is 3.49. The van der Waals surface area contributed by atoms with Crippen molar-refractivity contribution in [1.29, 1.82) is 0 Å². The largest absolute Gasteiger partial charge is 0.492 e. The van der Waals surface area contributed by atoms with Crippen LogP contribution in [0.25, 0.3) is 0 Å². The molecule has 0 aliphatic carbocycles. The molecule has 0 bridgehead atoms. The normalized spacial score (nSPS) is 13.2. The summed E-state index contributed by atoms with van der Waals surface area (Å²) in [5.41, 5.74) is 1.07. The number of pyridine rings is 1. The molecule has 0 atom stereocenters. The van der Waals surface area contributed by atoms with Crippen LogP contribution in [-0.2, 0) is 4.79 Å². The van der Waals surface area contributed by atoms with Gasteiger partial charge in [-0.3, -0.25) is 9.69 Å². The van der Waals surface area contributed by atoms with Crippen molar-refractivity contribution in [3.8, 4) is 11.5 Å². The Balaban J connectivity index is 1.74. The van der Waals surface area contributed by atoms with Crippen LogP contribution in [0, 0.1) is 17.0 Å². The van der Waals surface area contributed by atoms with E-state index in [-0.39, 0.29) is 37.3 Å². The van der Waals surface area contributed by atoms with Crippen LogP contribution in [0.1, 0.15) is 5.56 Å². The predicted octanol–water partition coefficient (Wildman–Crippen LogP) is 2.10. The molecule has 8 nitrogen and oxygen atoms in total. The third-order valence-corrected chi connectivity index (χ3v) is 3.49. The summed E-state index contributed by atoms with van der Waals surface area (Å²) in [6.45, 7) is 2.28. The zero-order valence-electron chi connectivity index (χ0n) is 13.0. The molecule has 3 rings (SSSR count). The van der Waals surface area contributed by atoms with Gasteiger partial charge in [0.05, 0.1) is 6.54 Å². The Hall–Kier alpha value is -3.16. The molecular weight excluding hydrogens is 314 g/mol. The number of aromatic nitrogens is 1. The minimum absolute atomic E-state index is 0.128. The van der Waals surface area contributed by atoms with Crippen LogP contribution < -0.4 is 14.4 Å². The summed E-state index contributed by atoms with van der Waals surface area (Å²) in [7, 11) is 0. The van der Waals surface area contributed by atoms with Crippen molar-refractivity contribution in [2.24, 2.45) is 0 Å². The number of nitrogens with zero attached hydrogens (tertiary/aromatic N) is 3. The van der Waals surface area contributed by atoms with Crippen molar-refractivity contribution >= 4 is 17.5 Å². The fraction of sp³-hybridized carbons (Fsp3) is 0.250. The smallest absolute Gasteiger partial charge is 0.366 e. The van der Waals surface area contributed by atoms with Gasteiger partial charge in [-0.1, -0.05) is 12.1 Å². The average Bonchev–Trinajstić information content (AvgIpc) is 2.56. The molecule has 1 aromatic carbocycles. The van der Waals surface area contributed by atoms with Gasteiger partial charge in [0, 0.05) is 6.07 Å². The molecule has 1 aromatic heterocycles. The van der Waals surface area contributed by atoms with Gasteiger partial charge in [-0.25, -0.2) is 0 Å². The highest BCUT2D eigenvalue weighted by atomic mass is 16.6. The molecule has 0 N–H and O–H groups in total. The Morgan fingerprint density at radius 2 is 2.21 bits per heavy atom. The number of benzene rings is 1. The lowest BCUT2D eigenvalue weighted by atomic mass is 10.2. The van der Waals surface area contributed by atoms with E-state index in [4.69, 9.17) is 9.47 Å². The quantitative estimate of drug-likeness (QED) is 0.616. The first-order valence-corrected chi connectivity index (χ1v) is 7.32. The molecule has 0 unspecified atom stereocenters. The first-order chi connectivity index (χ1) is 11.5. The molecule has 2 aromatic rings. The summed E-state index contributed by atoms with van der Waals surface area (Å²) in [6.07, 6.45) is 0. The highest BCUT2D eigenvalue weighted by Crippen LogP contribution is 2.31. The number of amides is 1. The molecular formula is C16H15N3O5. The second kappa shape index (κ2) is 6.53. The predicted molar refractivity (Wildman–Crippen MR) is 85.4 cm³/mol. The lowest BCUT2D eigenvalue weighted by molar-refractivity contribution is -0.389. The lowest BCUT2D eigenvalue weighted by Gasteiger charge is -2.25. The number of hydrogen-bond acceptors (Lipinski definition) is 6. The molecule has 124 valence electrons. The topological polar surface area (TPSA) is 94.8 Å². The summed E-state index contributed by atoms with van der Waals surface area (Å²) in [5.74, 6) is 0.534. The summed E-state index contributed by atoms with van der Waals surface area (Å²) in [5, 5.41) is 10.9. The fourth-order valence-electron chi connectivity index (χ4n) is 2.36. The zero-order chi connectivity index (χ0) is 17.1. The molecule has 0 spiro atoms. The van der Waals surface area contributed by atoms with E-state index in [0.29, 0.717) is 11.5 Å². The Labute approximate surface area is 137 Å². The SMILES string of the molecule is Cc1cccc(OCCN2C(=O)COc3ccc([N+](=O)[O-])nc32)c1. The van der Waals surface area contributed by atoms with E-state index in [1.165, 1.54) is 17.0 Å². The molecule has 1 aliphatic heterocycles. The van der Waals surface area contributed by atoms with Crippen molar-refractivity contribution in [2.45, 2.75) is 6.92 Å². The number of fused-ring (bicyclic) bond motifs is 1. The van der Waals surface area contributed by atoms with Crippen LogP contribution in [0.5, 0.6) is 11.5 Å². The number of rotatable bonds is 5. The minimum Gasteiger partial charge on any atom is -0.492 e. The van der Waals surface area contributed by atoms with Crippen molar-refractivity contribution in [3.63, 3.8) is 0 Å². The highest BCUT2D eigenvalue weighted by molar-refractivity contribution is 5.96. The third kappa shape index (κ3) is 3.27. The Morgan fingerprint density at radius 1 is 1.38 bits per heavy atom. The molecule has 0 fully saturated rings. The van der Waals surface area contributed by atoms with Crippen molar-refractivity contribution < 1.29 is 19.2 Å². The molecule has 8 heteroatoms. The van der Waals surface area contributed by atoms with Crippen LogP contribution in [0.15, 0.2) is 36.4 Å². The fourth-order valence-corrected chi connectivity index (χ4v) is 2.36. The Kier molecular flexibility index (Phi) is 4.28. The molecule has 1 amide bonds. The van der Waals surface area contributed by atoms with Crippen LogP contribution in [0.4, 0.5) is 11.6 Å². The molecule has 0 radical (unpaired) electrons. The maximum atomic E-state index is 12.1. The summed E-state index contributed by atoms with van der Waals surface area (Å²) in [4.78, 5) is 27.6. The van der Waals surface area contributed by atoms with E-state index in [2.05, 4.69) is 4.98 Å². The average molecular weight is 329 g/mol. The van der Waals surface area contributed by atoms with Gasteiger partial charge >= 0.3 is 5.82 Å². The summed E-state index contributed by atoms with van der Waals surface area (Å²) >= 11 is 0. The summed E-state index contributed by atoms with van der Waals surface area (Å²) < 4.78 is 10.9. The number of carbonyl (C=O) groups is 1. The number of aryl methyl sites for hydroxylation is 1. The first kappa shape index (κ1) is 15.7. The van der Waals surface area contributed by atoms with Crippen LogP contribution in [-0.4, -0.2) is 35.6 Å². The lowest BCUT2D eigenvalue weighted by Crippen LogP contribution is -2.41. The van der Waals surface area contributed by atoms with E-state index in [0.717, 1.165) is 5.56 Å². The van der Waals surface area contributed by atoms with Crippen LogP contribution >= 0.6 is 0 Å². The number of carbonyl (C=O) groups excluding carboxylic acids is 1. The zero-order valence-corrected chi connectivity index (χ0v) is 13.0. The van der Waals surface area contributed by atoms with Gasteiger partial charge in [0.15, 0.2) is 12.4 Å². The molecule has 0 saturated heterocycles. The Morgan fingerprint density at radius 3 is 2.96 bits per heavy atom. The number of anilines is 1. The number of ether oxygens (including phenoxy) is 2. The molecule has 2 heterocycles. The van der Waals surface area contributed by atoms with Gasteiger partial charge < -0.3 is 19.6 Å². The number of hydrogen-bond donors (Lipinski definition) is 0. The molecule has 24 heavy (non-hydrogen) atoms. The van der Waals surface area contributed by atoms with Gasteiger partial charge in [-0.15, -0.1) is 0 Å². The molecule has 0 saturated carbocycles. The van der Waals surface area contributed by atoms with Gasteiger partial charge in [0.25, 0.3) is 11.7 Å². The van der Waals surface area contributed by atoms with Crippen LogP contribution in [0.3, 0.4) is 0 Å². The van der Waals surface area contributed by atoms with E-state index >= 15 is 0 Å². The number of nitro groups is 1. The second-order valence-electron chi connectivity index (χ2n) is 5.25. The Bertz CT molecular complexity index is 793. The minimum atomic E-state index is -0.610. The summed E-state index contributed by atoms with van der Waals surface area (Å²) in [6, 6.07) is 10.2. The van der Waals surface area contributed by atoms with Crippen LogP contribution in [0.2, 0.25) is 0 Å². The van der Waals surface area contributed by atoms with E-state index in [9.17, 15) is 14.9 Å². The maximum Gasteiger partial charge on any atom is 0.366 e. The van der Waals surface area contributed by atoms with Gasteiger partial charge in [0.2, 0.25) is 0 Å². The monoisotopic (exact) mass is 329 g/mol. The first-order valence-electron chi connectivity index (χ1n) is 7.32. The standard InChI is InChI=1S/C16H15N3O5/c1-11-3-2-4-12(9-11)23-8-7-18-15(20)10-24-13-5-6-14(19(21)22)17-16(13)18/h2-6,9H,7-8,10H2,1H3. The van der Waals surface area contributed by atoms with Gasteiger partial charge in [0.1, 0.15) is 12.4 Å². The van der Waals surface area contributed by atoms with E-state index < -0.39 is 4.92 Å². The molecule has 1 aliphatic rings.